The largest absolute Gasteiger partial charge is 0.350 e. The number of nitrogens with zero attached hydrogens (tertiary/aromatic N) is 1. The summed E-state index contributed by atoms with van der Waals surface area (Å²) < 4.78 is 0. The number of nitrogens with one attached hydrogen (secondary N) is 1. The lowest BCUT2D eigenvalue weighted by molar-refractivity contribution is -0.384. The summed E-state index contributed by atoms with van der Waals surface area (Å²) in [6.45, 7) is 3.96. The molecular formula is C13H16Cl2N2O3S. The molecular weight excluding hydrogens is 335 g/mol. The van der Waals surface area contributed by atoms with Gasteiger partial charge < -0.3 is 5.32 Å². The summed E-state index contributed by atoms with van der Waals surface area (Å²) >= 11 is 13.4. The summed E-state index contributed by atoms with van der Waals surface area (Å²) in [5.74, 6) is 1.57. The number of hydrogen-bond acceptors (Lipinski definition) is 4. The van der Waals surface area contributed by atoms with Crippen molar-refractivity contribution in [2.45, 2.75) is 26.3 Å². The van der Waals surface area contributed by atoms with Crippen molar-refractivity contribution in [1.82, 2.24) is 5.32 Å². The quantitative estimate of drug-likeness (QED) is 0.455. The van der Waals surface area contributed by atoms with Gasteiger partial charge in [-0.25, -0.2) is 0 Å². The first kappa shape index (κ1) is 18.1. The molecule has 116 valence electrons. The third kappa shape index (κ3) is 5.37. The minimum atomic E-state index is -0.660. The molecule has 8 heteroatoms. The van der Waals surface area contributed by atoms with Crippen LogP contribution in [0.1, 0.15) is 30.6 Å². The molecule has 1 aromatic carbocycles. The lowest BCUT2D eigenvalue weighted by Gasteiger charge is -2.13. The zero-order chi connectivity index (χ0) is 16.0. The predicted molar refractivity (Wildman–Crippen MR) is 87.7 cm³/mol. The minimum Gasteiger partial charge on any atom is -0.350 e. The molecule has 0 aliphatic carbocycles. The van der Waals surface area contributed by atoms with E-state index in [0.717, 1.165) is 24.0 Å². The van der Waals surface area contributed by atoms with E-state index in [-0.39, 0.29) is 27.3 Å². The Labute approximate surface area is 137 Å². The van der Waals surface area contributed by atoms with Gasteiger partial charge in [-0.3, -0.25) is 14.9 Å². The first-order valence-electron chi connectivity index (χ1n) is 6.38. The molecule has 1 unspecified atom stereocenters. The summed E-state index contributed by atoms with van der Waals surface area (Å²) in [6, 6.07) is 2.45. The number of carbonyl (C=O) groups is 1. The molecule has 1 aromatic rings. The molecule has 0 aliphatic heterocycles. The van der Waals surface area contributed by atoms with E-state index in [0.29, 0.717) is 0 Å². The number of rotatable bonds is 7. The van der Waals surface area contributed by atoms with Crippen LogP contribution < -0.4 is 5.32 Å². The first-order chi connectivity index (χ1) is 9.86. The van der Waals surface area contributed by atoms with Crippen molar-refractivity contribution in [2.75, 3.05) is 11.5 Å². The van der Waals surface area contributed by atoms with E-state index in [1.807, 2.05) is 6.92 Å². The molecule has 5 nitrogen and oxygen atoms in total. The van der Waals surface area contributed by atoms with E-state index in [9.17, 15) is 14.9 Å². The Balaban J connectivity index is 2.81. The van der Waals surface area contributed by atoms with Crippen LogP contribution in [0.15, 0.2) is 12.1 Å². The van der Waals surface area contributed by atoms with E-state index in [4.69, 9.17) is 23.2 Å². The number of halogens is 2. The molecule has 0 spiro atoms. The van der Waals surface area contributed by atoms with Gasteiger partial charge in [-0.1, -0.05) is 30.1 Å². The van der Waals surface area contributed by atoms with Gasteiger partial charge in [-0.15, -0.1) is 0 Å². The van der Waals surface area contributed by atoms with Crippen LogP contribution >= 0.6 is 35.0 Å². The molecule has 0 saturated carbocycles. The van der Waals surface area contributed by atoms with Gasteiger partial charge in [-0.05, 0) is 30.9 Å². The normalized spacial score (nSPS) is 12.0. The van der Waals surface area contributed by atoms with Crippen LogP contribution in [-0.4, -0.2) is 28.4 Å². The molecule has 0 heterocycles. The fraction of sp³-hybridized carbons (Fsp3) is 0.462. The van der Waals surface area contributed by atoms with Crippen molar-refractivity contribution in [3.05, 3.63) is 37.9 Å². The van der Waals surface area contributed by atoms with Crippen molar-refractivity contribution in [1.29, 1.82) is 0 Å². The standard InChI is InChI=1S/C13H16Cl2N2O3S/c1-3-21-5-4-8(2)16-13(18)9-6-10(14)12(15)11(7-9)17(19)20/h6-8H,3-5H2,1-2H3,(H,16,18). The highest BCUT2D eigenvalue weighted by Crippen LogP contribution is 2.33. The van der Waals surface area contributed by atoms with Gasteiger partial charge in [0.05, 0.1) is 9.95 Å². The van der Waals surface area contributed by atoms with Crippen molar-refractivity contribution in [3.63, 3.8) is 0 Å². The van der Waals surface area contributed by atoms with Crippen LogP contribution in [0.5, 0.6) is 0 Å². The third-order valence-corrected chi connectivity index (χ3v) is 4.47. The Morgan fingerprint density at radius 1 is 1.48 bits per heavy atom. The maximum Gasteiger partial charge on any atom is 0.290 e. The van der Waals surface area contributed by atoms with Crippen molar-refractivity contribution < 1.29 is 9.72 Å². The molecule has 1 atom stereocenters. The van der Waals surface area contributed by atoms with Gasteiger partial charge in [0.1, 0.15) is 5.02 Å². The molecule has 0 saturated heterocycles. The number of nitro groups is 1. The summed E-state index contributed by atoms with van der Waals surface area (Å²) in [7, 11) is 0. The van der Waals surface area contributed by atoms with Crippen molar-refractivity contribution >= 4 is 46.6 Å². The Hall–Kier alpha value is -0.980. The van der Waals surface area contributed by atoms with Gasteiger partial charge in [-0.2, -0.15) is 11.8 Å². The smallest absolute Gasteiger partial charge is 0.290 e. The number of carbonyl (C=O) groups excluding carboxylic acids is 1. The summed E-state index contributed by atoms with van der Waals surface area (Å²) in [5, 5.41) is 13.5. The zero-order valence-electron chi connectivity index (χ0n) is 11.7. The molecule has 0 aliphatic rings. The maximum absolute atomic E-state index is 12.1. The average molecular weight is 351 g/mol. The van der Waals surface area contributed by atoms with Crippen LogP contribution in [0, 0.1) is 10.1 Å². The minimum absolute atomic E-state index is 0.00907. The highest BCUT2D eigenvalue weighted by molar-refractivity contribution is 7.99. The van der Waals surface area contributed by atoms with Gasteiger partial charge >= 0.3 is 0 Å². The molecule has 0 radical (unpaired) electrons. The number of hydrogen-bond donors (Lipinski definition) is 1. The molecule has 1 amide bonds. The van der Waals surface area contributed by atoms with E-state index in [2.05, 4.69) is 12.2 Å². The fourth-order valence-electron chi connectivity index (χ4n) is 1.62. The highest BCUT2D eigenvalue weighted by atomic mass is 35.5. The van der Waals surface area contributed by atoms with Crippen LogP contribution in [0.2, 0.25) is 10.0 Å². The van der Waals surface area contributed by atoms with Crippen LogP contribution in [0.3, 0.4) is 0 Å². The monoisotopic (exact) mass is 350 g/mol. The van der Waals surface area contributed by atoms with Gasteiger partial charge in [0.15, 0.2) is 0 Å². The Morgan fingerprint density at radius 2 is 2.14 bits per heavy atom. The Morgan fingerprint density at radius 3 is 2.71 bits per heavy atom. The van der Waals surface area contributed by atoms with Gasteiger partial charge in [0, 0.05) is 17.7 Å². The van der Waals surface area contributed by atoms with Gasteiger partial charge in [0.25, 0.3) is 11.6 Å². The lowest BCUT2D eigenvalue weighted by Crippen LogP contribution is -2.33. The summed E-state index contributed by atoms with van der Waals surface area (Å²) in [6.07, 6.45) is 0.827. The Kier molecular flexibility index (Phi) is 7.28. The molecule has 1 N–H and O–H groups in total. The summed E-state index contributed by atoms with van der Waals surface area (Å²) in [5.41, 5.74) is -0.241. The van der Waals surface area contributed by atoms with Crippen LogP contribution in [0.25, 0.3) is 0 Å². The SMILES string of the molecule is CCSCCC(C)NC(=O)c1cc(Cl)c(Cl)c([N+](=O)[O-])c1. The summed E-state index contributed by atoms with van der Waals surface area (Å²) in [4.78, 5) is 22.3. The second-order valence-corrected chi connectivity index (χ2v) is 6.59. The predicted octanol–water partition coefficient (Wildman–Crippen LogP) is 4.16. The van der Waals surface area contributed by atoms with E-state index >= 15 is 0 Å². The van der Waals surface area contributed by atoms with E-state index in [1.165, 1.54) is 6.07 Å². The van der Waals surface area contributed by atoms with Crippen LogP contribution in [-0.2, 0) is 0 Å². The second kappa shape index (κ2) is 8.46. The molecule has 21 heavy (non-hydrogen) atoms. The average Bonchev–Trinajstić information content (AvgIpc) is 2.41. The number of nitro benzene ring substituents is 1. The van der Waals surface area contributed by atoms with Crippen LogP contribution in [0.4, 0.5) is 5.69 Å². The molecule has 0 bridgehead atoms. The highest BCUT2D eigenvalue weighted by Gasteiger charge is 2.20. The van der Waals surface area contributed by atoms with Crippen molar-refractivity contribution in [2.24, 2.45) is 0 Å². The number of thioether (sulfide) groups is 1. The van der Waals surface area contributed by atoms with E-state index < -0.39 is 10.8 Å². The maximum atomic E-state index is 12.1. The molecule has 0 aromatic heterocycles. The second-order valence-electron chi connectivity index (χ2n) is 4.41. The van der Waals surface area contributed by atoms with Crippen molar-refractivity contribution in [3.8, 4) is 0 Å². The number of amides is 1. The number of benzene rings is 1. The van der Waals surface area contributed by atoms with E-state index in [1.54, 1.807) is 11.8 Å². The first-order valence-corrected chi connectivity index (χ1v) is 8.29. The zero-order valence-corrected chi connectivity index (χ0v) is 14.0. The topological polar surface area (TPSA) is 72.2 Å². The molecule has 0 fully saturated rings. The fourth-order valence-corrected chi connectivity index (χ4v) is 2.82. The third-order valence-electron chi connectivity index (χ3n) is 2.74. The lowest BCUT2D eigenvalue weighted by atomic mass is 10.1. The van der Waals surface area contributed by atoms with Gasteiger partial charge in [0.2, 0.25) is 0 Å². The molecule has 1 rings (SSSR count). The Bertz CT molecular complexity index is 540.